The van der Waals surface area contributed by atoms with Crippen LogP contribution in [0, 0.1) is 19.8 Å². The fourth-order valence-electron chi connectivity index (χ4n) is 1.99. The topological polar surface area (TPSA) is 38.3 Å². The average Bonchev–Trinajstić information content (AvgIpc) is 2.37. The summed E-state index contributed by atoms with van der Waals surface area (Å²) in [6.45, 7) is 9.53. The summed E-state index contributed by atoms with van der Waals surface area (Å²) in [5, 5.41) is 3.21. The summed E-state index contributed by atoms with van der Waals surface area (Å²) in [6.07, 6.45) is 0. The van der Waals surface area contributed by atoms with Crippen molar-refractivity contribution < 1.29 is 9.53 Å². The van der Waals surface area contributed by atoms with E-state index >= 15 is 0 Å². The molecule has 1 aromatic carbocycles. The quantitative estimate of drug-likeness (QED) is 0.788. The maximum absolute atomic E-state index is 12.3. The molecule has 0 radical (unpaired) electrons. The zero-order valence-electron chi connectivity index (χ0n) is 12.0. The van der Waals surface area contributed by atoms with E-state index in [0.29, 0.717) is 0 Å². The van der Waals surface area contributed by atoms with Gasteiger partial charge in [0.2, 0.25) is 0 Å². The van der Waals surface area contributed by atoms with Crippen LogP contribution in [0.1, 0.15) is 35.3 Å². The molecule has 1 atom stereocenters. The highest BCUT2D eigenvalue weighted by molar-refractivity contribution is 5.99. The van der Waals surface area contributed by atoms with E-state index in [1.807, 2.05) is 39.8 Å². The normalized spacial score (nSPS) is 12.3. The molecule has 18 heavy (non-hydrogen) atoms. The van der Waals surface area contributed by atoms with Gasteiger partial charge in [0.25, 0.3) is 0 Å². The van der Waals surface area contributed by atoms with E-state index in [4.69, 9.17) is 4.74 Å². The summed E-state index contributed by atoms with van der Waals surface area (Å²) >= 11 is 0. The molecular formula is C15H23NO2. The van der Waals surface area contributed by atoms with Crippen LogP contribution in [-0.2, 0) is 0 Å². The van der Waals surface area contributed by atoms with Crippen LogP contribution in [-0.4, -0.2) is 26.0 Å². The summed E-state index contributed by atoms with van der Waals surface area (Å²) in [6, 6.07) is 3.86. The average molecular weight is 249 g/mol. The van der Waals surface area contributed by atoms with Crippen LogP contribution >= 0.6 is 0 Å². The maximum atomic E-state index is 12.3. The van der Waals surface area contributed by atoms with E-state index in [-0.39, 0.29) is 11.7 Å². The number of nitrogens with one attached hydrogen (secondary N) is 1. The Morgan fingerprint density at radius 3 is 2.56 bits per heavy atom. The lowest BCUT2D eigenvalue weighted by Gasteiger charge is -2.15. The predicted molar refractivity (Wildman–Crippen MR) is 74.5 cm³/mol. The molecule has 3 heteroatoms. The minimum atomic E-state index is -0.00329. The fourth-order valence-corrected chi connectivity index (χ4v) is 1.99. The number of aryl methyl sites for hydroxylation is 2. The van der Waals surface area contributed by atoms with Gasteiger partial charge in [-0.15, -0.1) is 0 Å². The van der Waals surface area contributed by atoms with E-state index in [0.717, 1.165) is 35.5 Å². The largest absolute Gasteiger partial charge is 0.496 e. The standard InChI is InChI=1S/C15H23NO2/c1-6-16-9-12(4)15(17)13-7-11(3)14(18-5)8-10(13)2/h7-8,12,16H,6,9H2,1-5H3. The van der Waals surface area contributed by atoms with Gasteiger partial charge in [-0.2, -0.15) is 0 Å². The molecule has 1 unspecified atom stereocenters. The number of ether oxygens (including phenoxy) is 1. The van der Waals surface area contributed by atoms with Crippen molar-refractivity contribution in [1.82, 2.24) is 5.32 Å². The summed E-state index contributed by atoms with van der Waals surface area (Å²) in [5.74, 6) is 1.03. The van der Waals surface area contributed by atoms with Crippen LogP contribution in [0.15, 0.2) is 12.1 Å². The molecule has 0 aliphatic rings. The first-order valence-corrected chi connectivity index (χ1v) is 6.41. The second-order valence-electron chi connectivity index (χ2n) is 4.71. The van der Waals surface area contributed by atoms with Gasteiger partial charge in [-0.3, -0.25) is 4.79 Å². The van der Waals surface area contributed by atoms with Crippen LogP contribution < -0.4 is 10.1 Å². The van der Waals surface area contributed by atoms with Gasteiger partial charge in [0, 0.05) is 18.0 Å². The lowest BCUT2D eigenvalue weighted by atomic mass is 9.94. The Kier molecular flexibility index (Phi) is 5.35. The molecule has 0 saturated heterocycles. The maximum Gasteiger partial charge on any atom is 0.167 e. The first-order chi connectivity index (χ1) is 8.51. The van der Waals surface area contributed by atoms with Crippen LogP contribution in [0.5, 0.6) is 5.75 Å². The van der Waals surface area contributed by atoms with Crippen molar-refractivity contribution in [2.45, 2.75) is 27.7 Å². The number of carbonyl (C=O) groups excluding carboxylic acids is 1. The minimum Gasteiger partial charge on any atom is -0.496 e. The van der Waals surface area contributed by atoms with E-state index < -0.39 is 0 Å². The van der Waals surface area contributed by atoms with Gasteiger partial charge in [0.1, 0.15) is 5.75 Å². The molecule has 0 aliphatic heterocycles. The molecule has 0 heterocycles. The second kappa shape index (κ2) is 6.55. The van der Waals surface area contributed by atoms with Gasteiger partial charge < -0.3 is 10.1 Å². The molecule has 1 N–H and O–H groups in total. The van der Waals surface area contributed by atoms with Crippen molar-refractivity contribution in [2.75, 3.05) is 20.2 Å². The number of carbonyl (C=O) groups is 1. The van der Waals surface area contributed by atoms with Gasteiger partial charge in [0.05, 0.1) is 7.11 Å². The first-order valence-electron chi connectivity index (χ1n) is 6.41. The molecule has 1 rings (SSSR count). The molecule has 0 aliphatic carbocycles. The van der Waals surface area contributed by atoms with Crippen molar-refractivity contribution >= 4 is 5.78 Å². The number of methoxy groups -OCH3 is 1. The summed E-state index contributed by atoms with van der Waals surface area (Å²) in [7, 11) is 1.65. The molecule has 0 spiro atoms. The Balaban J connectivity index is 2.95. The van der Waals surface area contributed by atoms with E-state index in [1.165, 1.54) is 0 Å². The predicted octanol–water partition coefficient (Wildman–Crippen LogP) is 2.74. The molecule has 1 aromatic rings. The second-order valence-corrected chi connectivity index (χ2v) is 4.71. The van der Waals surface area contributed by atoms with Gasteiger partial charge in [-0.05, 0) is 43.7 Å². The molecule has 100 valence electrons. The number of hydrogen-bond donors (Lipinski definition) is 1. The zero-order valence-corrected chi connectivity index (χ0v) is 12.0. The van der Waals surface area contributed by atoms with Crippen molar-refractivity contribution in [3.63, 3.8) is 0 Å². The van der Waals surface area contributed by atoms with Crippen molar-refractivity contribution in [1.29, 1.82) is 0 Å². The third kappa shape index (κ3) is 3.33. The number of rotatable bonds is 6. The lowest BCUT2D eigenvalue weighted by Crippen LogP contribution is -2.26. The third-order valence-electron chi connectivity index (χ3n) is 3.16. The van der Waals surface area contributed by atoms with Crippen molar-refractivity contribution in [2.24, 2.45) is 5.92 Å². The third-order valence-corrected chi connectivity index (χ3v) is 3.16. The molecule has 3 nitrogen and oxygen atoms in total. The summed E-state index contributed by atoms with van der Waals surface area (Å²) in [5.41, 5.74) is 2.78. The van der Waals surface area contributed by atoms with E-state index in [9.17, 15) is 4.79 Å². The highest BCUT2D eigenvalue weighted by Gasteiger charge is 2.18. The van der Waals surface area contributed by atoms with Crippen LogP contribution in [0.25, 0.3) is 0 Å². The van der Waals surface area contributed by atoms with Crippen molar-refractivity contribution in [3.05, 3.63) is 28.8 Å². The smallest absolute Gasteiger partial charge is 0.167 e. The fraction of sp³-hybridized carbons (Fsp3) is 0.533. The number of Topliss-reactive ketones (excluding diaryl/α,β-unsaturated/α-hetero) is 1. The molecule has 0 bridgehead atoms. The Hall–Kier alpha value is -1.35. The van der Waals surface area contributed by atoms with E-state index in [2.05, 4.69) is 5.32 Å². The SMILES string of the molecule is CCNCC(C)C(=O)c1cc(C)c(OC)cc1C. The van der Waals surface area contributed by atoms with Crippen LogP contribution in [0.2, 0.25) is 0 Å². The molecular weight excluding hydrogens is 226 g/mol. The number of hydrogen-bond acceptors (Lipinski definition) is 3. The highest BCUT2D eigenvalue weighted by Crippen LogP contribution is 2.24. The van der Waals surface area contributed by atoms with Gasteiger partial charge >= 0.3 is 0 Å². The Morgan fingerprint density at radius 1 is 1.33 bits per heavy atom. The first kappa shape index (κ1) is 14.7. The summed E-state index contributed by atoms with van der Waals surface area (Å²) < 4.78 is 5.26. The van der Waals surface area contributed by atoms with Gasteiger partial charge in [-0.1, -0.05) is 13.8 Å². The van der Waals surface area contributed by atoms with Crippen LogP contribution in [0.3, 0.4) is 0 Å². The highest BCUT2D eigenvalue weighted by atomic mass is 16.5. The van der Waals surface area contributed by atoms with Gasteiger partial charge in [-0.25, -0.2) is 0 Å². The Labute approximate surface area is 110 Å². The molecule has 0 aromatic heterocycles. The molecule has 0 fully saturated rings. The summed E-state index contributed by atoms with van der Waals surface area (Å²) in [4.78, 5) is 12.3. The zero-order chi connectivity index (χ0) is 13.7. The lowest BCUT2D eigenvalue weighted by molar-refractivity contribution is 0.0928. The Morgan fingerprint density at radius 2 is 2.00 bits per heavy atom. The van der Waals surface area contributed by atoms with E-state index in [1.54, 1.807) is 7.11 Å². The van der Waals surface area contributed by atoms with Gasteiger partial charge in [0.15, 0.2) is 5.78 Å². The number of benzene rings is 1. The Bertz CT molecular complexity index is 427. The van der Waals surface area contributed by atoms with Crippen molar-refractivity contribution in [3.8, 4) is 5.75 Å². The monoisotopic (exact) mass is 249 g/mol. The van der Waals surface area contributed by atoms with Crippen LogP contribution in [0.4, 0.5) is 0 Å². The minimum absolute atomic E-state index is 0.00329. The molecule has 0 saturated carbocycles. The molecule has 0 amide bonds. The number of ketones is 1.